The molecule has 0 spiro atoms. The molecule has 2 aromatic heterocycles. The van der Waals surface area contributed by atoms with Crippen molar-refractivity contribution in [3.05, 3.63) is 48.3 Å². The minimum atomic E-state index is -3.94. The molecule has 0 fully saturated rings. The number of carbonyl (C=O) groups excluding carboxylic acids is 1. The summed E-state index contributed by atoms with van der Waals surface area (Å²) in [6.07, 6.45) is 1.70. The SMILES string of the molecule is CCn1ccc(C(=O)Nc2ccc(S(=O)(=O)Nc3cc(OC)nc(OC)n3)cc2)n1. The molecule has 1 amide bonds. The van der Waals surface area contributed by atoms with Gasteiger partial charge in [-0.3, -0.25) is 14.2 Å². The molecule has 0 bridgehead atoms. The largest absolute Gasteiger partial charge is 0.481 e. The van der Waals surface area contributed by atoms with Gasteiger partial charge in [-0.2, -0.15) is 15.1 Å². The number of aryl methyl sites for hydroxylation is 1. The minimum Gasteiger partial charge on any atom is -0.481 e. The predicted octanol–water partition coefficient (Wildman–Crippen LogP) is 1.76. The van der Waals surface area contributed by atoms with Gasteiger partial charge in [0.25, 0.3) is 15.9 Å². The van der Waals surface area contributed by atoms with Crippen molar-refractivity contribution in [1.82, 2.24) is 19.7 Å². The predicted molar refractivity (Wildman–Crippen MR) is 108 cm³/mol. The maximum Gasteiger partial charge on any atom is 0.321 e. The molecule has 0 unspecified atom stereocenters. The average Bonchev–Trinajstić information content (AvgIpc) is 3.23. The number of nitrogens with one attached hydrogen (secondary N) is 2. The number of carbonyl (C=O) groups is 1. The summed E-state index contributed by atoms with van der Waals surface area (Å²) in [5.41, 5.74) is 0.692. The molecule has 0 saturated carbocycles. The number of methoxy groups -OCH3 is 2. The molecule has 0 aliphatic carbocycles. The van der Waals surface area contributed by atoms with Gasteiger partial charge in [-0.05, 0) is 37.3 Å². The Labute approximate surface area is 173 Å². The van der Waals surface area contributed by atoms with Gasteiger partial charge in [0, 0.05) is 24.5 Å². The standard InChI is InChI=1S/C18H20N6O5S/c1-4-24-10-9-14(22-24)17(25)19-12-5-7-13(8-6-12)30(26,27)23-15-11-16(28-2)21-18(20-15)29-3/h5-11H,4H2,1-3H3,(H,19,25)(H,20,21,23). The van der Waals surface area contributed by atoms with Gasteiger partial charge in [-0.1, -0.05) is 0 Å². The Bertz CT molecular complexity index is 1120. The third-order valence-electron chi connectivity index (χ3n) is 3.93. The van der Waals surface area contributed by atoms with Crippen molar-refractivity contribution in [3.8, 4) is 11.9 Å². The molecule has 0 saturated heterocycles. The molecule has 3 rings (SSSR count). The summed E-state index contributed by atoms with van der Waals surface area (Å²) in [7, 11) is -1.20. The van der Waals surface area contributed by atoms with E-state index in [1.54, 1.807) is 16.9 Å². The second-order valence-electron chi connectivity index (χ2n) is 5.92. The number of nitrogens with zero attached hydrogens (tertiary/aromatic N) is 4. The van der Waals surface area contributed by atoms with Crippen LogP contribution in [0.15, 0.2) is 47.5 Å². The summed E-state index contributed by atoms with van der Waals surface area (Å²) in [5, 5.41) is 6.79. The highest BCUT2D eigenvalue weighted by Gasteiger charge is 2.17. The smallest absolute Gasteiger partial charge is 0.321 e. The number of ether oxygens (including phenoxy) is 2. The number of amides is 1. The first-order chi connectivity index (χ1) is 14.3. The van der Waals surface area contributed by atoms with E-state index < -0.39 is 15.9 Å². The van der Waals surface area contributed by atoms with E-state index in [2.05, 4.69) is 25.1 Å². The molecule has 158 valence electrons. The van der Waals surface area contributed by atoms with Crippen LogP contribution in [0.5, 0.6) is 11.9 Å². The van der Waals surface area contributed by atoms with Crippen LogP contribution in [-0.2, 0) is 16.6 Å². The second kappa shape index (κ2) is 8.78. The van der Waals surface area contributed by atoms with Crippen LogP contribution in [0.2, 0.25) is 0 Å². The average molecular weight is 432 g/mol. The molecule has 0 aliphatic heterocycles. The van der Waals surface area contributed by atoms with E-state index >= 15 is 0 Å². The summed E-state index contributed by atoms with van der Waals surface area (Å²) < 4.78 is 39.2. The molecule has 0 atom stereocenters. The van der Waals surface area contributed by atoms with E-state index in [1.165, 1.54) is 44.6 Å². The zero-order valence-corrected chi connectivity index (χ0v) is 17.3. The number of hydrogen-bond donors (Lipinski definition) is 2. The van der Waals surface area contributed by atoms with E-state index in [-0.39, 0.29) is 28.3 Å². The number of anilines is 2. The number of aromatic nitrogens is 4. The van der Waals surface area contributed by atoms with Crippen LogP contribution < -0.4 is 19.5 Å². The van der Waals surface area contributed by atoms with Crippen molar-refractivity contribution in [2.45, 2.75) is 18.4 Å². The molecule has 0 radical (unpaired) electrons. The maximum atomic E-state index is 12.6. The minimum absolute atomic E-state index is 0.0115. The molecule has 1 aromatic carbocycles. The lowest BCUT2D eigenvalue weighted by Gasteiger charge is -2.10. The first kappa shape index (κ1) is 21.0. The third-order valence-corrected chi connectivity index (χ3v) is 5.30. The van der Waals surface area contributed by atoms with E-state index in [4.69, 9.17) is 9.47 Å². The molecular weight excluding hydrogens is 412 g/mol. The van der Waals surface area contributed by atoms with Crippen molar-refractivity contribution in [3.63, 3.8) is 0 Å². The Hall–Kier alpha value is -3.67. The lowest BCUT2D eigenvalue weighted by molar-refractivity contribution is 0.102. The van der Waals surface area contributed by atoms with Gasteiger partial charge >= 0.3 is 6.01 Å². The molecule has 0 aliphatic rings. The fraction of sp³-hybridized carbons (Fsp3) is 0.222. The lowest BCUT2D eigenvalue weighted by atomic mass is 10.3. The highest BCUT2D eigenvalue weighted by molar-refractivity contribution is 7.92. The lowest BCUT2D eigenvalue weighted by Crippen LogP contribution is -2.15. The zero-order valence-electron chi connectivity index (χ0n) is 16.5. The Kier molecular flexibility index (Phi) is 6.16. The molecule has 12 heteroatoms. The van der Waals surface area contributed by atoms with Crippen LogP contribution in [0.1, 0.15) is 17.4 Å². The van der Waals surface area contributed by atoms with E-state index in [0.29, 0.717) is 12.2 Å². The first-order valence-corrected chi connectivity index (χ1v) is 10.3. The van der Waals surface area contributed by atoms with Crippen molar-refractivity contribution < 1.29 is 22.7 Å². The molecule has 2 heterocycles. The molecule has 3 aromatic rings. The van der Waals surface area contributed by atoms with Gasteiger partial charge in [-0.15, -0.1) is 0 Å². The van der Waals surface area contributed by atoms with Crippen molar-refractivity contribution in [2.24, 2.45) is 0 Å². The van der Waals surface area contributed by atoms with Crippen LogP contribution in [0.3, 0.4) is 0 Å². The van der Waals surface area contributed by atoms with Gasteiger partial charge in [0.2, 0.25) is 5.88 Å². The van der Waals surface area contributed by atoms with Crippen LogP contribution in [-0.4, -0.2) is 48.3 Å². The molecule has 30 heavy (non-hydrogen) atoms. The quantitative estimate of drug-likeness (QED) is 0.549. The summed E-state index contributed by atoms with van der Waals surface area (Å²) in [6.45, 7) is 2.56. The van der Waals surface area contributed by atoms with Crippen LogP contribution in [0.25, 0.3) is 0 Å². The summed E-state index contributed by atoms with van der Waals surface area (Å²) in [4.78, 5) is 20.1. The molecule has 11 nitrogen and oxygen atoms in total. The second-order valence-corrected chi connectivity index (χ2v) is 7.61. The highest BCUT2D eigenvalue weighted by Crippen LogP contribution is 2.21. The fourth-order valence-corrected chi connectivity index (χ4v) is 3.41. The summed E-state index contributed by atoms with van der Waals surface area (Å²) in [6, 6.07) is 8.55. The Morgan fingerprint density at radius 1 is 1.10 bits per heavy atom. The van der Waals surface area contributed by atoms with E-state index in [0.717, 1.165) is 0 Å². The molecular formula is C18H20N6O5S. The number of hydrogen-bond acceptors (Lipinski definition) is 8. The van der Waals surface area contributed by atoms with Gasteiger partial charge in [0.15, 0.2) is 11.5 Å². The van der Waals surface area contributed by atoms with E-state index in [1.807, 2.05) is 6.92 Å². The van der Waals surface area contributed by atoms with Crippen molar-refractivity contribution in [2.75, 3.05) is 24.3 Å². The molecule has 2 N–H and O–H groups in total. The van der Waals surface area contributed by atoms with Crippen LogP contribution >= 0.6 is 0 Å². The third kappa shape index (κ3) is 4.84. The van der Waals surface area contributed by atoms with Crippen molar-refractivity contribution >= 4 is 27.4 Å². The summed E-state index contributed by atoms with van der Waals surface area (Å²) >= 11 is 0. The normalized spacial score (nSPS) is 11.0. The fourth-order valence-electron chi connectivity index (χ4n) is 2.42. The van der Waals surface area contributed by atoms with Crippen LogP contribution in [0, 0.1) is 0 Å². The van der Waals surface area contributed by atoms with Crippen LogP contribution in [0.4, 0.5) is 11.5 Å². The Balaban J connectivity index is 1.74. The topological polar surface area (TPSA) is 137 Å². The number of benzene rings is 1. The number of rotatable bonds is 8. The first-order valence-electron chi connectivity index (χ1n) is 8.79. The Morgan fingerprint density at radius 3 is 2.43 bits per heavy atom. The monoisotopic (exact) mass is 432 g/mol. The van der Waals surface area contributed by atoms with Gasteiger partial charge < -0.3 is 14.8 Å². The van der Waals surface area contributed by atoms with Gasteiger partial charge in [0.1, 0.15) is 0 Å². The maximum absolute atomic E-state index is 12.6. The van der Waals surface area contributed by atoms with E-state index in [9.17, 15) is 13.2 Å². The van der Waals surface area contributed by atoms with Gasteiger partial charge in [-0.25, -0.2) is 8.42 Å². The Morgan fingerprint density at radius 2 is 1.83 bits per heavy atom. The highest BCUT2D eigenvalue weighted by atomic mass is 32.2. The zero-order chi connectivity index (χ0) is 21.7. The summed E-state index contributed by atoms with van der Waals surface area (Å²) in [5.74, 6) is -0.262. The van der Waals surface area contributed by atoms with Gasteiger partial charge in [0.05, 0.1) is 19.1 Å². The number of sulfonamides is 1. The van der Waals surface area contributed by atoms with Crippen molar-refractivity contribution in [1.29, 1.82) is 0 Å².